The van der Waals surface area contributed by atoms with Crippen molar-refractivity contribution in [1.82, 2.24) is 19.6 Å². The van der Waals surface area contributed by atoms with Crippen LogP contribution >= 0.6 is 0 Å². The first-order valence-electron chi connectivity index (χ1n) is 11.3. The molecular formula is C24H33BiN4O2. The Morgan fingerprint density at radius 2 is 1.10 bits per heavy atom. The van der Waals surface area contributed by atoms with E-state index in [9.17, 15) is 0 Å². The fraction of sp³-hybridized carbons (Fsp3) is 0.500. The third kappa shape index (κ3) is 5.07. The molecule has 0 aliphatic carbocycles. The monoisotopic (exact) mass is 618 g/mol. The molecule has 2 fully saturated rings. The molecule has 0 N–H and O–H groups in total. The Bertz CT molecular complexity index is 828. The average molecular weight is 619 g/mol. The Hall–Kier alpha value is -1.24. The second kappa shape index (κ2) is 9.72. The van der Waals surface area contributed by atoms with Gasteiger partial charge in [0.1, 0.15) is 0 Å². The number of likely N-dealkylation sites (N-methyl/N-ethyl adjacent to an activating group) is 2. The number of benzene rings is 2. The molecule has 3 heterocycles. The van der Waals surface area contributed by atoms with Crippen molar-refractivity contribution in [3.63, 3.8) is 0 Å². The van der Waals surface area contributed by atoms with Gasteiger partial charge in [0.05, 0.1) is 0 Å². The van der Waals surface area contributed by atoms with Crippen LogP contribution in [0, 0.1) is 0 Å². The van der Waals surface area contributed by atoms with Gasteiger partial charge in [0.2, 0.25) is 0 Å². The molecule has 3 aliphatic rings. The van der Waals surface area contributed by atoms with Gasteiger partial charge in [-0.05, 0) is 0 Å². The summed E-state index contributed by atoms with van der Waals surface area (Å²) in [5.74, 6) is 1.86. The summed E-state index contributed by atoms with van der Waals surface area (Å²) in [6, 6.07) is 15.0. The fourth-order valence-electron chi connectivity index (χ4n) is 4.52. The van der Waals surface area contributed by atoms with Gasteiger partial charge in [-0.15, -0.1) is 0 Å². The summed E-state index contributed by atoms with van der Waals surface area (Å²) >= 11 is -2.83. The molecule has 0 spiro atoms. The van der Waals surface area contributed by atoms with Crippen molar-refractivity contribution in [1.29, 1.82) is 0 Å². The number of piperazine rings is 2. The van der Waals surface area contributed by atoms with Gasteiger partial charge >= 0.3 is 196 Å². The van der Waals surface area contributed by atoms with Crippen LogP contribution in [0.2, 0.25) is 0 Å². The maximum atomic E-state index is 6.51. The van der Waals surface area contributed by atoms with E-state index >= 15 is 0 Å². The normalized spacial score (nSPS) is 21.6. The molecule has 0 radical (unpaired) electrons. The van der Waals surface area contributed by atoms with Crippen molar-refractivity contribution in [3.8, 4) is 11.5 Å². The van der Waals surface area contributed by atoms with E-state index in [-0.39, 0.29) is 0 Å². The van der Waals surface area contributed by atoms with Gasteiger partial charge in [0.25, 0.3) is 0 Å². The van der Waals surface area contributed by atoms with Crippen LogP contribution < -0.4 is 8.90 Å². The van der Waals surface area contributed by atoms with Crippen molar-refractivity contribution < 1.29 is 5.63 Å². The van der Waals surface area contributed by atoms with Crippen LogP contribution in [-0.4, -0.2) is 109 Å². The van der Waals surface area contributed by atoms with E-state index in [0.29, 0.717) is 0 Å². The number of hydrogen-bond donors (Lipinski definition) is 0. The van der Waals surface area contributed by atoms with Crippen LogP contribution in [0.5, 0.6) is 11.5 Å². The summed E-state index contributed by atoms with van der Waals surface area (Å²) in [4.78, 5) is 10.0. The first kappa shape index (κ1) is 21.6. The number of rotatable bonds is 5. The molecule has 31 heavy (non-hydrogen) atoms. The van der Waals surface area contributed by atoms with Gasteiger partial charge in [0.15, 0.2) is 0 Å². The van der Waals surface area contributed by atoms with E-state index in [0.717, 1.165) is 76.9 Å². The molecule has 0 aromatic heterocycles. The van der Waals surface area contributed by atoms with Gasteiger partial charge in [-0.2, -0.15) is 0 Å². The van der Waals surface area contributed by atoms with Gasteiger partial charge in [0, 0.05) is 0 Å². The van der Waals surface area contributed by atoms with Crippen LogP contribution in [0.4, 0.5) is 0 Å². The second-order valence-electron chi connectivity index (χ2n) is 8.97. The molecule has 5 rings (SSSR count). The van der Waals surface area contributed by atoms with Crippen LogP contribution in [0.1, 0.15) is 11.1 Å². The predicted molar refractivity (Wildman–Crippen MR) is 125 cm³/mol. The van der Waals surface area contributed by atoms with Crippen LogP contribution in [-0.2, 0) is 13.1 Å². The Morgan fingerprint density at radius 3 is 1.55 bits per heavy atom. The first-order chi connectivity index (χ1) is 15.2. The summed E-state index contributed by atoms with van der Waals surface area (Å²) in [5, 5.41) is 0. The Morgan fingerprint density at radius 1 is 0.645 bits per heavy atom. The summed E-state index contributed by atoms with van der Waals surface area (Å²) in [6.45, 7) is 11.0. The van der Waals surface area contributed by atoms with Gasteiger partial charge in [-0.3, -0.25) is 0 Å². The molecule has 6 nitrogen and oxygen atoms in total. The SMILES string of the molecule is CN1CCN(Cc2cccc(CN3CCN(C)CC3)[c]2[Bi]2[O]c3ccccc3[O]2)CC1. The molecule has 0 atom stereocenters. The summed E-state index contributed by atoms with van der Waals surface area (Å²) in [7, 11) is 4.43. The zero-order valence-electron chi connectivity index (χ0n) is 18.7. The zero-order valence-corrected chi connectivity index (χ0v) is 22.1. The standard InChI is InChI=1S/C18H29N4.C6H6O2.Bi/c1-19-6-10-21(11-7-19)15-17-4-3-5-18(14-17)16-22-12-8-20(2)9-13-22;7-5-3-1-2-4-6(5)8;/h3-5H,6-13,15-16H2,1-2H3;1-4,7-8H;/q;;+2/p-2. The zero-order chi connectivity index (χ0) is 21.2. The van der Waals surface area contributed by atoms with Crippen molar-refractivity contribution in [2.75, 3.05) is 66.5 Å². The molecule has 0 unspecified atom stereocenters. The van der Waals surface area contributed by atoms with Gasteiger partial charge < -0.3 is 0 Å². The molecule has 3 aliphatic heterocycles. The summed E-state index contributed by atoms with van der Waals surface area (Å²) < 4.78 is 14.5. The van der Waals surface area contributed by atoms with Crippen LogP contribution in [0.15, 0.2) is 42.5 Å². The summed E-state index contributed by atoms with van der Waals surface area (Å²) in [6.07, 6.45) is 0. The molecule has 7 heteroatoms. The number of nitrogens with zero attached hydrogens (tertiary/aromatic N) is 4. The number of para-hydroxylation sites is 2. The van der Waals surface area contributed by atoms with Crippen LogP contribution in [0.3, 0.4) is 0 Å². The predicted octanol–water partition coefficient (Wildman–Crippen LogP) is 1.35. The molecule has 2 aromatic carbocycles. The Balaban J connectivity index is 1.41. The molecule has 2 aromatic rings. The quantitative estimate of drug-likeness (QED) is 0.471. The van der Waals surface area contributed by atoms with Crippen molar-refractivity contribution in [3.05, 3.63) is 53.6 Å². The fourth-order valence-corrected chi connectivity index (χ4v) is 10.9. The van der Waals surface area contributed by atoms with E-state index in [2.05, 4.69) is 51.9 Å². The van der Waals surface area contributed by atoms with Crippen molar-refractivity contribution in [2.45, 2.75) is 13.1 Å². The molecule has 0 amide bonds. The van der Waals surface area contributed by atoms with E-state index in [1.54, 1.807) is 0 Å². The van der Waals surface area contributed by atoms with E-state index in [4.69, 9.17) is 5.63 Å². The van der Waals surface area contributed by atoms with E-state index < -0.39 is 22.6 Å². The topological polar surface area (TPSA) is 31.4 Å². The first-order valence-corrected chi connectivity index (χ1v) is 15.9. The molecule has 166 valence electrons. The van der Waals surface area contributed by atoms with Gasteiger partial charge in [-0.25, -0.2) is 0 Å². The second-order valence-corrected chi connectivity index (χ2v) is 14.1. The molecular weight excluding hydrogens is 585 g/mol. The number of fused-ring (bicyclic) bond motifs is 1. The van der Waals surface area contributed by atoms with Gasteiger partial charge in [-0.1, -0.05) is 0 Å². The third-order valence-corrected chi connectivity index (χ3v) is 13.0. The maximum absolute atomic E-state index is 6.51. The molecule has 0 saturated carbocycles. The van der Waals surface area contributed by atoms with Crippen LogP contribution in [0.25, 0.3) is 0 Å². The minimum atomic E-state index is -2.83. The number of hydrogen-bond acceptors (Lipinski definition) is 6. The minimum absolute atomic E-state index is 0.931. The average Bonchev–Trinajstić information content (AvgIpc) is 3.21. The molecule has 2 saturated heterocycles. The Labute approximate surface area is 195 Å². The van der Waals surface area contributed by atoms with Crippen molar-refractivity contribution in [2.24, 2.45) is 0 Å². The third-order valence-electron chi connectivity index (χ3n) is 6.58. The van der Waals surface area contributed by atoms with E-state index in [1.807, 2.05) is 24.3 Å². The molecule has 0 bridgehead atoms. The van der Waals surface area contributed by atoms with E-state index in [1.165, 1.54) is 14.4 Å². The van der Waals surface area contributed by atoms with Crippen molar-refractivity contribution >= 4 is 25.9 Å². The summed E-state index contributed by atoms with van der Waals surface area (Å²) in [5.41, 5.74) is 2.84. The Kier molecular flexibility index (Phi) is 6.77.